The highest BCUT2D eigenvalue weighted by Gasteiger charge is 2.26. The van der Waals surface area contributed by atoms with E-state index >= 15 is 0 Å². The molecule has 0 fully saturated rings. The summed E-state index contributed by atoms with van der Waals surface area (Å²) in [6.07, 6.45) is 3.75. The van der Waals surface area contributed by atoms with E-state index in [1.807, 2.05) is 24.3 Å². The van der Waals surface area contributed by atoms with E-state index in [9.17, 15) is 9.18 Å². The highest BCUT2D eigenvalue weighted by Crippen LogP contribution is 2.34. The fourth-order valence-electron chi connectivity index (χ4n) is 4.04. The number of imidazole rings is 2. The van der Waals surface area contributed by atoms with Gasteiger partial charge in [0.15, 0.2) is 5.65 Å². The van der Waals surface area contributed by atoms with Crippen LogP contribution in [-0.4, -0.2) is 35.7 Å². The Kier molecular flexibility index (Phi) is 3.52. The molecule has 30 heavy (non-hydrogen) atoms. The van der Waals surface area contributed by atoms with Gasteiger partial charge in [0.25, 0.3) is 0 Å². The molecule has 1 N–H and O–H groups in total. The van der Waals surface area contributed by atoms with Crippen molar-refractivity contribution >= 4 is 22.2 Å². The number of hydrogen-bond acceptors (Lipinski definition) is 5. The van der Waals surface area contributed by atoms with Crippen molar-refractivity contribution in [3.8, 4) is 11.7 Å². The quantitative estimate of drug-likeness (QED) is 0.490. The van der Waals surface area contributed by atoms with Crippen LogP contribution in [0.2, 0.25) is 0 Å². The topological polar surface area (TPSA) is 90.6 Å². The van der Waals surface area contributed by atoms with Gasteiger partial charge >= 0.3 is 5.69 Å². The molecule has 0 bridgehead atoms. The van der Waals surface area contributed by atoms with Crippen LogP contribution in [0.1, 0.15) is 18.0 Å². The predicted molar refractivity (Wildman–Crippen MR) is 107 cm³/mol. The average Bonchev–Trinajstić information content (AvgIpc) is 3.32. The fraction of sp³-hybridized carbons (Fsp3) is 0.143. The number of para-hydroxylation sites is 1. The molecule has 0 amide bonds. The van der Waals surface area contributed by atoms with Crippen LogP contribution in [0.5, 0.6) is 5.75 Å². The Morgan fingerprint density at radius 1 is 1.17 bits per heavy atom. The van der Waals surface area contributed by atoms with Crippen LogP contribution in [-0.2, 0) is 0 Å². The maximum atomic E-state index is 13.8. The zero-order valence-electron chi connectivity index (χ0n) is 15.6. The Morgan fingerprint density at radius 3 is 3.00 bits per heavy atom. The van der Waals surface area contributed by atoms with Gasteiger partial charge in [0, 0.05) is 18.1 Å². The molecule has 1 atom stereocenters. The second-order valence-electron chi connectivity index (χ2n) is 7.15. The Hall–Kier alpha value is -4.01. The van der Waals surface area contributed by atoms with Crippen molar-refractivity contribution in [3.63, 3.8) is 0 Å². The maximum Gasteiger partial charge on any atom is 0.328 e. The van der Waals surface area contributed by atoms with Gasteiger partial charge in [-0.15, -0.1) is 0 Å². The largest absolute Gasteiger partial charge is 0.493 e. The molecule has 0 aliphatic carbocycles. The lowest BCUT2D eigenvalue weighted by Crippen LogP contribution is -2.28. The SMILES string of the molecule is O=c1[nH]c2cnc(-n3cnc4ccc(F)cc43)nc2n1[C@@H]1CCOc2ccccc21. The summed E-state index contributed by atoms with van der Waals surface area (Å²) in [6, 6.07) is 11.8. The normalized spacial score (nSPS) is 16.0. The highest BCUT2D eigenvalue weighted by molar-refractivity contribution is 5.77. The molecule has 148 valence electrons. The number of aromatic amines is 1. The van der Waals surface area contributed by atoms with Gasteiger partial charge in [0.05, 0.1) is 29.9 Å². The van der Waals surface area contributed by atoms with E-state index in [1.165, 1.54) is 12.1 Å². The maximum absolute atomic E-state index is 13.8. The minimum Gasteiger partial charge on any atom is -0.493 e. The van der Waals surface area contributed by atoms with E-state index in [0.717, 1.165) is 11.3 Å². The number of nitrogens with zero attached hydrogens (tertiary/aromatic N) is 5. The van der Waals surface area contributed by atoms with Crippen LogP contribution in [0.3, 0.4) is 0 Å². The molecule has 6 rings (SSSR count). The van der Waals surface area contributed by atoms with Crippen LogP contribution < -0.4 is 10.4 Å². The molecule has 0 radical (unpaired) electrons. The Labute approximate surface area is 168 Å². The number of H-pyrrole nitrogens is 1. The van der Waals surface area contributed by atoms with E-state index in [4.69, 9.17) is 4.74 Å². The summed E-state index contributed by atoms with van der Waals surface area (Å²) in [6.45, 7) is 0.504. The van der Waals surface area contributed by atoms with Gasteiger partial charge in [-0.2, -0.15) is 4.98 Å². The van der Waals surface area contributed by atoms with Crippen molar-refractivity contribution in [2.24, 2.45) is 0 Å². The molecule has 9 heteroatoms. The first-order valence-electron chi connectivity index (χ1n) is 9.51. The van der Waals surface area contributed by atoms with Crippen molar-refractivity contribution in [2.75, 3.05) is 6.61 Å². The second-order valence-corrected chi connectivity index (χ2v) is 7.15. The van der Waals surface area contributed by atoms with Crippen LogP contribution in [0.15, 0.2) is 59.8 Å². The third-order valence-electron chi connectivity index (χ3n) is 5.41. The molecular formula is C21H15FN6O2. The summed E-state index contributed by atoms with van der Waals surface area (Å²) in [7, 11) is 0. The summed E-state index contributed by atoms with van der Waals surface area (Å²) >= 11 is 0. The molecule has 4 heterocycles. The number of fused-ring (bicyclic) bond motifs is 3. The van der Waals surface area contributed by atoms with Gasteiger partial charge in [0.2, 0.25) is 5.95 Å². The average molecular weight is 402 g/mol. The molecule has 0 saturated carbocycles. The minimum absolute atomic E-state index is 0.212. The van der Waals surface area contributed by atoms with Crippen molar-refractivity contribution in [2.45, 2.75) is 12.5 Å². The summed E-state index contributed by atoms with van der Waals surface area (Å²) in [5.74, 6) is 0.701. The van der Waals surface area contributed by atoms with Gasteiger partial charge in [0.1, 0.15) is 23.4 Å². The lowest BCUT2D eigenvalue weighted by atomic mass is 10.0. The van der Waals surface area contributed by atoms with E-state index in [1.54, 1.807) is 27.7 Å². The van der Waals surface area contributed by atoms with E-state index in [0.29, 0.717) is 41.2 Å². The van der Waals surface area contributed by atoms with Gasteiger partial charge in [-0.3, -0.25) is 9.13 Å². The first-order valence-corrected chi connectivity index (χ1v) is 9.51. The molecule has 5 aromatic rings. The Bertz CT molecular complexity index is 1480. The van der Waals surface area contributed by atoms with Crippen molar-refractivity contribution in [1.29, 1.82) is 0 Å². The third-order valence-corrected chi connectivity index (χ3v) is 5.41. The second kappa shape index (κ2) is 6.24. The number of benzene rings is 2. The fourth-order valence-corrected chi connectivity index (χ4v) is 4.04. The molecule has 2 aromatic carbocycles. The molecule has 1 aliphatic rings. The summed E-state index contributed by atoms with van der Waals surface area (Å²) in [4.78, 5) is 29.0. The Balaban J connectivity index is 1.56. The molecule has 0 saturated heterocycles. The lowest BCUT2D eigenvalue weighted by molar-refractivity contribution is 0.256. The standard InChI is InChI=1S/C21H15FN6O2/c22-12-5-6-14-17(9-12)27(11-24-14)20-23-10-15-19(26-20)28(21(29)25-15)16-7-8-30-18-4-2-1-3-13(16)18/h1-6,9-11,16H,7-8H2,(H,25,29)/t16-/m1/s1. The number of nitrogens with one attached hydrogen (secondary N) is 1. The molecular weight excluding hydrogens is 387 g/mol. The smallest absolute Gasteiger partial charge is 0.328 e. The summed E-state index contributed by atoms with van der Waals surface area (Å²) in [5, 5.41) is 0. The number of halogens is 1. The van der Waals surface area contributed by atoms with Crippen molar-refractivity contribution < 1.29 is 9.13 Å². The van der Waals surface area contributed by atoms with Crippen LogP contribution in [0, 0.1) is 5.82 Å². The van der Waals surface area contributed by atoms with Gasteiger partial charge < -0.3 is 9.72 Å². The zero-order valence-corrected chi connectivity index (χ0v) is 15.6. The molecule has 0 spiro atoms. The highest BCUT2D eigenvalue weighted by atomic mass is 19.1. The van der Waals surface area contributed by atoms with Gasteiger partial charge in [-0.05, 0) is 18.2 Å². The first kappa shape index (κ1) is 16.9. The van der Waals surface area contributed by atoms with Crippen molar-refractivity contribution in [3.05, 3.63) is 76.9 Å². The van der Waals surface area contributed by atoms with Gasteiger partial charge in [-0.1, -0.05) is 18.2 Å². The molecule has 0 unspecified atom stereocenters. The monoisotopic (exact) mass is 402 g/mol. The number of ether oxygens (including phenoxy) is 1. The summed E-state index contributed by atoms with van der Waals surface area (Å²) < 4.78 is 22.8. The molecule has 1 aliphatic heterocycles. The first-order chi connectivity index (χ1) is 14.7. The van der Waals surface area contributed by atoms with E-state index in [2.05, 4.69) is 19.9 Å². The van der Waals surface area contributed by atoms with Crippen LogP contribution in [0.25, 0.3) is 28.1 Å². The predicted octanol–water partition coefficient (Wildman–Crippen LogP) is 2.97. The zero-order chi connectivity index (χ0) is 20.2. The summed E-state index contributed by atoms with van der Waals surface area (Å²) in [5.41, 5.74) is 2.86. The van der Waals surface area contributed by atoms with E-state index < -0.39 is 0 Å². The number of hydrogen-bond donors (Lipinski definition) is 1. The lowest BCUT2D eigenvalue weighted by Gasteiger charge is -2.26. The van der Waals surface area contributed by atoms with Gasteiger partial charge in [-0.25, -0.2) is 19.2 Å². The van der Waals surface area contributed by atoms with Crippen LogP contribution in [0.4, 0.5) is 4.39 Å². The minimum atomic E-state index is -0.373. The number of aromatic nitrogens is 6. The third kappa shape index (κ3) is 2.45. The molecule has 8 nitrogen and oxygen atoms in total. The Morgan fingerprint density at radius 2 is 2.07 bits per heavy atom. The van der Waals surface area contributed by atoms with Crippen LogP contribution >= 0.6 is 0 Å². The molecule has 3 aromatic heterocycles. The van der Waals surface area contributed by atoms with E-state index in [-0.39, 0.29) is 17.5 Å². The van der Waals surface area contributed by atoms with Crippen molar-refractivity contribution in [1.82, 2.24) is 29.1 Å². The number of rotatable bonds is 2.